The second-order valence-electron chi connectivity index (χ2n) is 8.19. The van der Waals surface area contributed by atoms with E-state index in [0.29, 0.717) is 6.61 Å². The monoisotopic (exact) mass is 428 g/mol. The minimum atomic E-state index is 0.103. The van der Waals surface area contributed by atoms with Crippen molar-refractivity contribution in [2.24, 2.45) is 0 Å². The summed E-state index contributed by atoms with van der Waals surface area (Å²) in [7, 11) is 0. The van der Waals surface area contributed by atoms with Crippen LogP contribution in [0.3, 0.4) is 0 Å². The van der Waals surface area contributed by atoms with Gasteiger partial charge >= 0.3 is 0 Å². The topological polar surface area (TPSA) is 62.9 Å². The summed E-state index contributed by atoms with van der Waals surface area (Å²) in [5.41, 5.74) is 5.91. The van der Waals surface area contributed by atoms with Gasteiger partial charge in [0.1, 0.15) is 11.6 Å². The third-order valence-corrected chi connectivity index (χ3v) is 6.16. The van der Waals surface area contributed by atoms with Gasteiger partial charge in [-0.2, -0.15) is 5.10 Å². The first-order valence-corrected chi connectivity index (χ1v) is 11.3. The molecule has 32 heavy (non-hydrogen) atoms. The maximum atomic E-state index is 9.90. The maximum absolute atomic E-state index is 9.90. The van der Waals surface area contributed by atoms with Crippen LogP contribution in [0.15, 0.2) is 60.7 Å². The van der Waals surface area contributed by atoms with Crippen LogP contribution in [0.25, 0.3) is 28.0 Å². The van der Waals surface area contributed by atoms with Crippen molar-refractivity contribution in [1.82, 2.24) is 14.6 Å². The zero-order valence-electron chi connectivity index (χ0n) is 18.5. The number of anilines is 1. The van der Waals surface area contributed by atoms with Crippen molar-refractivity contribution in [2.75, 3.05) is 24.7 Å². The molecule has 2 aromatic heterocycles. The number of hydrogen-bond donors (Lipinski definition) is 1. The van der Waals surface area contributed by atoms with Crippen molar-refractivity contribution < 1.29 is 9.84 Å². The summed E-state index contributed by atoms with van der Waals surface area (Å²) in [4.78, 5) is 7.31. The number of fused-ring (bicyclic) bond motifs is 1. The van der Waals surface area contributed by atoms with Crippen molar-refractivity contribution in [2.45, 2.75) is 32.7 Å². The third kappa shape index (κ3) is 3.60. The maximum Gasteiger partial charge on any atom is 0.166 e. The summed E-state index contributed by atoms with van der Waals surface area (Å²) < 4.78 is 7.57. The van der Waals surface area contributed by atoms with E-state index < -0.39 is 0 Å². The predicted octanol–water partition coefficient (Wildman–Crippen LogP) is 4.73. The molecule has 0 bridgehead atoms. The van der Waals surface area contributed by atoms with Crippen LogP contribution >= 0.6 is 0 Å². The van der Waals surface area contributed by atoms with Crippen LogP contribution in [0.1, 0.15) is 25.5 Å². The van der Waals surface area contributed by atoms with Gasteiger partial charge in [-0.25, -0.2) is 9.50 Å². The molecule has 1 saturated heterocycles. The van der Waals surface area contributed by atoms with Crippen molar-refractivity contribution in [3.8, 4) is 28.1 Å². The Kier molecular flexibility index (Phi) is 5.53. The van der Waals surface area contributed by atoms with Gasteiger partial charge in [0.2, 0.25) is 0 Å². The smallest absolute Gasteiger partial charge is 0.166 e. The molecule has 6 heteroatoms. The fraction of sp³-hybridized carbons (Fsp3) is 0.308. The Morgan fingerprint density at radius 3 is 2.56 bits per heavy atom. The largest absolute Gasteiger partial charge is 0.494 e. The molecule has 1 atom stereocenters. The molecular formula is C26H28N4O2. The number of aliphatic hydroxyl groups excluding tert-OH is 1. The Hall–Kier alpha value is -3.38. The summed E-state index contributed by atoms with van der Waals surface area (Å²) in [6.07, 6.45) is 2.04. The highest BCUT2D eigenvalue weighted by Crippen LogP contribution is 2.35. The van der Waals surface area contributed by atoms with E-state index in [9.17, 15) is 5.11 Å². The lowest BCUT2D eigenvalue weighted by molar-refractivity contribution is 0.266. The van der Waals surface area contributed by atoms with E-state index in [1.54, 1.807) is 0 Å². The van der Waals surface area contributed by atoms with Crippen molar-refractivity contribution in [3.05, 3.63) is 66.4 Å². The van der Waals surface area contributed by atoms with Crippen LogP contribution in [0.2, 0.25) is 0 Å². The average molecular weight is 429 g/mol. The van der Waals surface area contributed by atoms with Crippen LogP contribution in [0.5, 0.6) is 5.75 Å². The van der Waals surface area contributed by atoms with Gasteiger partial charge in [-0.15, -0.1) is 0 Å². The molecule has 6 nitrogen and oxygen atoms in total. The number of aromatic nitrogens is 3. The Balaban J connectivity index is 1.72. The van der Waals surface area contributed by atoms with Crippen LogP contribution in [-0.2, 0) is 0 Å². The van der Waals surface area contributed by atoms with Crippen LogP contribution in [0, 0.1) is 6.92 Å². The Labute approximate surface area is 188 Å². The van der Waals surface area contributed by atoms with E-state index in [2.05, 4.69) is 35.2 Å². The minimum Gasteiger partial charge on any atom is -0.494 e. The molecule has 0 spiro atoms. The molecular weight excluding hydrogens is 400 g/mol. The zero-order valence-corrected chi connectivity index (χ0v) is 18.5. The molecule has 1 aliphatic rings. The zero-order chi connectivity index (χ0) is 22.1. The quantitative estimate of drug-likeness (QED) is 0.481. The highest BCUT2D eigenvalue weighted by Gasteiger charge is 2.27. The van der Waals surface area contributed by atoms with Gasteiger partial charge in [0.05, 0.1) is 30.6 Å². The molecule has 1 fully saturated rings. The Morgan fingerprint density at radius 2 is 1.84 bits per heavy atom. The van der Waals surface area contributed by atoms with Crippen molar-refractivity contribution in [3.63, 3.8) is 0 Å². The van der Waals surface area contributed by atoms with Gasteiger partial charge in [0.15, 0.2) is 5.65 Å². The Morgan fingerprint density at radius 1 is 1.06 bits per heavy atom. The van der Waals surface area contributed by atoms with Gasteiger partial charge in [0, 0.05) is 23.7 Å². The molecule has 1 aliphatic heterocycles. The summed E-state index contributed by atoms with van der Waals surface area (Å²) in [6, 6.07) is 20.6. The van der Waals surface area contributed by atoms with E-state index in [0.717, 1.165) is 64.7 Å². The summed E-state index contributed by atoms with van der Waals surface area (Å²) in [6.45, 7) is 5.69. The molecule has 2 aromatic carbocycles. The van der Waals surface area contributed by atoms with Gasteiger partial charge in [-0.1, -0.05) is 42.5 Å². The van der Waals surface area contributed by atoms with Gasteiger partial charge in [-0.05, 0) is 44.4 Å². The lowest BCUT2D eigenvalue weighted by Crippen LogP contribution is -2.32. The first-order chi connectivity index (χ1) is 15.7. The van der Waals surface area contributed by atoms with E-state index in [1.165, 1.54) is 0 Å². The lowest BCUT2D eigenvalue weighted by atomic mass is 10.1. The number of hydrogen-bond acceptors (Lipinski definition) is 5. The number of nitrogens with zero attached hydrogens (tertiary/aromatic N) is 4. The first kappa shape index (κ1) is 20.5. The van der Waals surface area contributed by atoms with E-state index >= 15 is 0 Å². The van der Waals surface area contributed by atoms with Crippen molar-refractivity contribution in [1.29, 1.82) is 0 Å². The normalized spacial score (nSPS) is 16.1. The van der Waals surface area contributed by atoms with Crippen LogP contribution in [-0.4, -0.2) is 45.5 Å². The standard InChI is InChI=1S/C26H28N4O2/c1-3-32-22-13-11-20(12-14-22)25-18(2)28-30-23(19-8-5-4-6-9-19)16-24(27-26(25)30)29-15-7-10-21(29)17-31/h4-6,8-9,11-14,16,21,31H,3,7,10,15,17H2,1-2H3/t21-/m0/s1. The van der Waals surface area contributed by atoms with E-state index in [4.69, 9.17) is 14.8 Å². The number of ether oxygens (including phenoxy) is 1. The van der Waals surface area contributed by atoms with Gasteiger partial charge in [-0.3, -0.25) is 0 Å². The fourth-order valence-electron chi connectivity index (χ4n) is 4.62. The van der Waals surface area contributed by atoms with Crippen LogP contribution < -0.4 is 9.64 Å². The molecule has 0 unspecified atom stereocenters. The van der Waals surface area contributed by atoms with Gasteiger partial charge in [0.25, 0.3) is 0 Å². The third-order valence-electron chi connectivity index (χ3n) is 6.16. The number of aryl methyl sites for hydroxylation is 1. The summed E-state index contributed by atoms with van der Waals surface area (Å²) in [5, 5.41) is 14.8. The average Bonchev–Trinajstić information content (AvgIpc) is 3.43. The Bertz CT molecular complexity index is 1220. The molecule has 0 saturated carbocycles. The molecule has 4 aromatic rings. The van der Waals surface area contributed by atoms with Crippen LogP contribution in [0.4, 0.5) is 5.82 Å². The van der Waals surface area contributed by atoms with Crippen molar-refractivity contribution >= 4 is 11.5 Å². The lowest BCUT2D eigenvalue weighted by Gasteiger charge is -2.25. The fourth-order valence-corrected chi connectivity index (χ4v) is 4.62. The SMILES string of the molecule is CCOc1ccc(-c2c(C)nn3c(-c4ccccc4)cc(N4CCC[C@H]4CO)nc23)cc1. The number of rotatable bonds is 6. The minimum absolute atomic E-state index is 0.103. The highest BCUT2D eigenvalue weighted by atomic mass is 16.5. The second-order valence-corrected chi connectivity index (χ2v) is 8.19. The van der Waals surface area contributed by atoms with Gasteiger partial charge < -0.3 is 14.7 Å². The molecule has 0 amide bonds. The molecule has 0 radical (unpaired) electrons. The summed E-state index contributed by atoms with van der Waals surface area (Å²) >= 11 is 0. The molecule has 0 aliphatic carbocycles. The highest BCUT2D eigenvalue weighted by molar-refractivity contribution is 5.83. The molecule has 164 valence electrons. The summed E-state index contributed by atoms with van der Waals surface area (Å²) in [5.74, 6) is 1.74. The van der Waals surface area contributed by atoms with E-state index in [1.807, 2.05) is 48.7 Å². The number of aliphatic hydroxyl groups is 1. The number of benzene rings is 2. The molecule has 3 heterocycles. The first-order valence-electron chi connectivity index (χ1n) is 11.3. The second kappa shape index (κ2) is 8.63. The molecule has 5 rings (SSSR count). The molecule has 1 N–H and O–H groups in total. The predicted molar refractivity (Wildman–Crippen MR) is 127 cm³/mol. The van der Waals surface area contributed by atoms with E-state index in [-0.39, 0.29) is 12.6 Å².